The molecule has 1 saturated heterocycles. The lowest BCUT2D eigenvalue weighted by molar-refractivity contribution is 0.573. The molecule has 5 nitrogen and oxygen atoms in total. The topological polar surface area (TPSA) is 75.0 Å². The van der Waals surface area contributed by atoms with Crippen molar-refractivity contribution in [3.63, 3.8) is 0 Å². The van der Waals surface area contributed by atoms with E-state index in [2.05, 4.69) is 26.6 Å². The van der Waals surface area contributed by atoms with Crippen LogP contribution < -0.4 is 15.5 Å². The number of rotatable bonds is 2. The highest BCUT2D eigenvalue weighted by atomic mass is 79.9. The molecule has 0 amide bonds. The quantitative estimate of drug-likeness (QED) is 0.675. The van der Waals surface area contributed by atoms with E-state index in [1.807, 2.05) is 36.1 Å². The fraction of sp³-hybridized carbons (Fsp3) is 0.273. The summed E-state index contributed by atoms with van der Waals surface area (Å²) in [6.45, 7) is 2.02. The van der Waals surface area contributed by atoms with Gasteiger partial charge in [0.2, 0.25) is 5.96 Å². The van der Waals surface area contributed by atoms with Gasteiger partial charge in [-0.25, -0.2) is 0 Å². The Labute approximate surface area is 108 Å². The van der Waals surface area contributed by atoms with Gasteiger partial charge >= 0.3 is 0 Å². The fourth-order valence-electron chi connectivity index (χ4n) is 1.82. The van der Waals surface area contributed by atoms with Gasteiger partial charge in [-0.05, 0) is 24.6 Å². The highest BCUT2D eigenvalue weighted by Gasteiger charge is 2.27. The van der Waals surface area contributed by atoms with Crippen molar-refractivity contribution < 1.29 is 0 Å². The number of nitrogens with one attached hydrogen (secondary N) is 4. The molecule has 17 heavy (non-hydrogen) atoms. The van der Waals surface area contributed by atoms with E-state index in [-0.39, 0.29) is 18.1 Å². The van der Waals surface area contributed by atoms with Gasteiger partial charge in [-0.2, -0.15) is 0 Å². The van der Waals surface area contributed by atoms with Gasteiger partial charge in [-0.1, -0.05) is 28.9 Å². The first kappa shape index (κ1) is 11.9. The van der Waals surface area contributed by atoms with Crippen molar-refractivity contribution in [3.8, 4) is 0 Å². The molecule has 0 aliphatic carbocycles. The van der Waals surface area contributed by atoms with Crippen LogP contribution in [0.3, 0.4) is 0 Å². The second-order valence-electron chi connectivity index (χ2n) is 3.77. The summed E-state index contributed by atoms with van der Waals surface area (Å²) >= 11 is 3.42. The highest BCUT2D eigenvalue weighted by molar-refractivity contribution is 9.10. The van der Waals surface area contributed by atoms with Crippen molar-refractivity contribution in [2.75, 3.05) is 4.90 Å². The predicted molar refractivity (Wildman–Crippen MR) is 72.4 cm³/mol. The monoisotopic (exact) mass is 295 g/mol. The van der Waals surface area contributed by atoms with Crippen LogP contribution in [0.2, 0.25) is 0 Å². The van der Waals surface area contributed by atoms with Gasteiger partial charge in [0.1, 0.15) is 6.17 Å². The van der Waals surface area contributed by atoms with Crippen molar-refractivity contribution in [3.05, 3.63) is 28.7 Å². The van der Waals surface area contributed by atoms with Crippen LogP contribution in [0.15, 0.2) is 28.7 Å². The summed E-state index contributed by atoms with van der Waals surface area (Å²) in [7, 11) is 0. The van der Waals surface area contributed by atoms with Gasteiger partial charge in [0, 0.05) is 10.2 Å². The third-order valence-corrected chi connectivity index (χ3v) is 3.07. The first-order valence-corrected chi connectivity index (χ1v) is 6.16. The van der Waals surface area contributed by atoms with Crippen molar-refractivity contribution >= 4 is 33.5 Å². The van der Waals surface area contributed by atoms with Crippen molar-refractivity contribution in [1.29, 1.82) is 10.8 Å². The van der Waals surface area contributed by atoms with Gasteiger partial charge in [-0.3, -0.25) is 21.0 Å². The Morgan fingerprint density at radius 3 is 2.82 bits per heavy atom. The summed E-state index contributed by atoms with van der Waals surface area (Å²) < 4.78 is 0.971. The summed E-state index contributed by atoms with van der Waals surface area (Å²) in [5, 5.41) is 21.2. The molecule has 1 aliphatic heterocycles. The molecule has 0 bridgehead atoms. The van der Waals surface area contributed by atoms with Crippen LogP contribution in [0.5, 0.6) is 0 Å². The van der Waals surface area contributed by atoms with E-state index in [1.165, 1.54) is 0 Å². The first-order valence-electron chi connectivity index (χ1n) is 5.37. The van der Waals surface area contributed by atoms with E-state index in [1.54, 1.807) is 0 Å². The molecular formula is C11H14BrN5. The number of anilines is 1. The number of guanidine groups is 2. The summed E-state index contributed by atoms with van der Waals surface area (Å²) in [5.41, 5.74) is 0.920. The maximum atomic E-state index is 7.94. The lowest BCUT2D eigenvalue weighted by Gasteiger charge is -2.38. The molecule has 0 radical (unpaired) electrons. The Hall–Kier alpha value is -1.56. The normalized spacial score (nSPS) is 19.9. The lowest BCUT2D eigenvalue weighted by Crippen LogP contribution is -2.64. The fourth-order valence-corrected chi connectivity index (χ4v) is 2.21. The second-order valence-corrected chi connectivity index (χ2v) is 4.68. The summed E-state index contributed by atoms with van der Waals surface area (Å²) in [4.78, 5) is 1.84. The maximum absolute atomic E-state index is 7.94. The number of benzene rings is 1. The van der Waals surface area contributed by atoms with E-state index in [4.69, 9.17) is 10.8 Å². The van der Waals surface area contributed by atoms with Gasteiger partial charge in [0.25, 0.3) is 0 Å². The van der Waals surface area contributed by atoms with Gasteiger partial charge in [0.05, 0.1) is 0 Å². The molecule has 6 heteroatoms. The molecule has 0 spiro atoms. The minimum Gasteiger partial charge on any atom is -0.336 e. The molecule has 2 rings (SSSR count). The minimum absolute atomic E-state index is 0.0643. The Morgan fingerprint density at radius 2 is 2.18 bits per heavy atom. The SMILES string of the molecule is CCC1NC(=N)NC(=N)N1c1cccc(Br)c1. The van der Waals surface area contributed by atoms with E-state index >= 15 is 0 Å². The Morgan fingerprint density at radius 1 is 1.41 bits per heavy atom. The van der Waals surface area contributed by atoms with Crippen LogP contribution in [0.4, 0.5) is 5.69 Å². The molecule has 1 unspecified atom stereocenters. The van der Waals surface area contributed by atoms with E-state index in [9.17, 15) is 0 Å². The highest BCUT2D eigenvalue weighted by Crippen LogP contribution is 2.23. The Balaban J connectivity index is 2.34. The number of hydrogen-bond donors (Lipinski definition) is 4. The van der Waals surface area contributed by atoms with Crippen molar-refractivity contribution in [1.82, 2.24) is 10.6 Å². The number of halogens is 1. The molecule has 1 aromatic carbocycles. The second kappa shape index (κ2) is 4.75. The van der Waals surface area contributed by atoms with Crippen LogP contribution in [0, 0.1) is 10.8 Å². The summed E-state index contributed by atoms with van der Waals surface area (Å²) in [6.07, 6.45) is 0.740. The Kier molecular flexibility index (Phi) is 3.33. The third kappa shape index (κ3) is 2.41. The smallest absolute Gasteiger partial charge is 0.204 e. The van der Waals surface area contributed by atoms with Crippen LogP contribution in [0.25, 0.3) is 0 Å². The number of nitrogens with zero attached hydrogens (tertiary/aromatic N) is 1. The zero-order valence-electron chi connectivity index (χ0n) is 9.42. The third-order valence-electron chi connectivity index (χ3n) is 2.58. The largest absolute Gasteiger partial charge is 0.336 e. The molecule has 0 saturated carbocycles. The molecular weight excluding hydrogens is 282 g/mol. The molecule has 90 valence electrons. The minimum atomic E-state index is -0.0643. The van der Waals surface area contributed by atoms with Crippen LogP contribution in [-0.4, -0.2) is 18.1 Å². The molecule has 0 aromatic heterocycles. The van der Waals surface area contributed by atoms with Crippen molar-refractivity contribution in [2.24, 2.45) is 0 Å². The molecule has 1 heterocycles. The zero-order chi connectivity index (χ0) is 12.4. The molecule has 1 fully saturated rings. The van der Waals surface area contributed by atoms with Gasteiger partial charge in [0.15, 0.2) is 5.96 Å². The van der Waals surface area contributed by atoms with Crippen LogP contribution in [0.1, 0.15) is 13.3 Å². The molecule has 4 N–H and O–H groups in total. The average molecular weight is 296 g/mol. The number of hydrogen-bond acceptors (Lipinski definition) is 2. The van der Waals surface area contributed by atoms with Crippen LogP contribution in [-0.2, 0) is 0 Å². The van der Waals surface area contributed by atoms with Gasteiger partial charge in [-0.15, -0.1) is 0 Å². The van der Waals surface area contributed by atoms with E-state index < -0.39 is 0 Å². The Bertz CT molecular complexity index is 459. The molecule has 1 atom stereocenters. The van der Waals surface area contributed by atoms with Gasteiger partial charge < -0.3 is 5.32 Å². The zero-order valence-corrected chi connectivity index (χ0v) is 11.0. The first-order chi connectivity index (χ1) is 8.11. The lowest BCUT2D eigenvalue weighted by atomic mass is 10.2. The molecule has 1 aliphatic rings. The van der Waals surface area contributed by atoms with Crippen LogP contribution >= 0.6 is 15.9 Å². The van der Waals surface area contributed by atoms with Crippen molar-refractivity contribution in [2.45, 2.75) is 19.5 Å². The van der Waals surface area contributed by atoms with E-state index in [0.29, 0.717) is 0 Å². The maximum Gasteiger partial charge on any atom is 0.204 e. The summed E-state index contributed by atoms with van der Waals surface area (Å²) in [5.74, 6) is 0.395. The molecule has 1 aromatic rings. The average Bonchev–Trinajstić information content (AvgIpc) is 2.27. The summed E-state index contributed by atoms with van der Waals surface area (Å²) in [6, 6.07) is 7.77. The standard InChI is InChI=1S/C11H14BrN5/c1-2-9-15-10(13)16-11(14)17(9)8-5-3-4-7(12)6-8/h3-6,9H,2H2,1H3,(H4,13,14,15,16). The predicted octanol–water partition coefficient (Wildman–Crippen LogP) is 2.05. The van der Waals surface area contributed by atoms with E-state index in [0.717, 1.165) is 16.6 Å².